The molecule has 0 aromatic heterocycles. The molecule has 20 heavy (non-hydrogen) atoms. The van der Waals surface area contributed by atoms with E-state index < -0.39 is 27.9 Å². The largest absolute Gasteiger partial charge is 0.480 e. The van der Waals surface area contributed by atoms with Crippen LogP contribution in [0.25, 0.3) is 0 Å². The quantitative estimate of drug-likeness (QED) is 0.672. The lowest BCUT2D eigenvalue weighted by Crippen LogP contribution is -2.53. The molecule has 0 aliphatic carbocycles. The van der Waals surface area contributed by atoms with Crippen LogP contribution in [0, 0.1) is 0 Å². The van der Waals surface area contributed by atoms with Crippen LogP contribution < -0.4 is 5.32 Å². The fraction of sp³-hybridized carbons (Fsp3) is 0.818. The third kappa shape index (κ3) is 3.86. The van der Waals surface area contributed by atoms with Gasteiger partial charge in [-0.05, 0) is 0 Å². The summed E-state index contributed by atoms with van der Waals surface area (Å²) in [5.74, 6) is -0.153. The van der Waals surface area contributed by atoms with Gasteiger partial charge in [0.25, 0.3) is 0 Å². The lowest BCUT2D eigenvalue weighted by Gasteiger charge is -2.34. The van der Waals surface area contributed by atoms with Crippen LogP contribution in [0.3, 0.4) is 0 Å². The molecule has 2 aliphatic heterocycles. The zero-order valence-corrected chi connectivity index (χ0v) is 12.6. The Morgan fingerprint density at radius 1 is 1.40 bits per heavy atom. The van der Waals surface area contributed by atoms with Crippen LogP contribution >= 0.6 is 11.8 Å². The molecule has 0 spiro atoms. The van der Waals surface area contributed by atoms with E-state index in [9.17, 15) is 18.0 Å². The van der Waals surface area contributed by atoms with Crippen molar-refractivity contribution in [2.45, 2.75) is 18.5 Å². The Kier molecular flexibility index (Phi) is 4.92. The van der Waals surface area contributed by atoms with Crippen LogP contribution in [0.4, 0.5) is 0 Å². The minimum absolute atomic E-state index is 0.0354. The highest BCUT2D eigenvalue weighted by molar-refractivity contribution is 7.99. The van der Waals surface area contributed by atoms with Crippen molar-refractivity contribution >= 4 is 33.5 Å². The van der Waals surface area contributed by atoms with E-state index in [1.54, 1.807) is 0 Å². The van der Waals surface area contributed by atoms with Gasteiger partial charge in [0, 0.05) is 37.1 Å². The first-order chi connectivity index (χ1) is 9.39. The Morgan fingerprint density at radius 3 is 2.80 bits per heavy atom. The molecule has 2 aliphatic rings. The van der Waals surface area contributed by atoms with E-state index in [1.807, 2.05) is 0 Å². The van der Waals surface area contributed by atoms with E-state index in [-0.39, 0.29) is 23.8 Å². The molecule has 2 fully saturated rings. The van der Waals surface area contributed by atoms with Gasteiger partial charge in [0.05, 0.1) is 11.5 Å². The molecule has 2 rings (SSSR count). The molecule has 114 valence electrons. The summed E-state index contributed by atoms with van der Waals surface area (Å²) in [5.41, 5.74) is 0. The van der Waals surface area contributed by atoms with Crippen LogP contribution in [-0.2, 0) is 19.4 Å². The summed E-state index contributed by atoms with van der Waals surface area (Å²) in [6, 6.07) is -1.22. The normalized spacial score (nSPS) is 29.9. The van der Waals surface area contributed by atoms with Gasteiger partial charge in [-0.1, -0.05) is 0 Å². The zero-order valence-electron chi connectivity index (χ0n) is 10.9. The van der Waals surface area contributed by atoms with E-state index in [4.69, 9.17) is 5.11 Å². The van der Waals surface area contributed by atoms with Crippen molar-refractivity contribution in [3.05, 3.63) is 0 Å². The van der Waals surface area contributed by atoms with E-state index in [0.717, 1.165) is 0 Å². The highest BCUT2D eigenvalue weighted by Crippen LogP contribution is 2.18. The molecule has 2 saturated heterocycles. The van der Waals surface area contributed by atoms with Crippen LogP contribution in [-0.4, -0.2) is 78.5 Å². The molecule has 0 aromatic carbocycles. The standard InChI is InChI=1S/C11H18N2O5S2/c14-10(5-8-7-20(17,18)4-1-12-8)13-2-3-19-6-9(13)11(15)16/h8-9,12H,1-7H2,(H,15,16). The second-order valence-corrected chi connectivity index (χ2v) is 8.36. The summed E-state index contributed by atoms with van der Waals surface area (Å²) in [6.45, 7) is 0.748. The SMILES string of the molecule is O=C(O)C1CSCCN1C(=O)CC1CS(=O)(=O)CCN1. The molecular weight excluding hydrogens is 304 g/mol. The van der Waals surface area contributed by atoms with E-state index in [1.165, 1.54) is 16.7 Å². The smallest absolute Gasteiger partial charge is 0.327 e. The van der Waals surface area contributed by atoms with Gasteiger partial charge in [-0.25, -0.2) is 13.2 Å². The first kappa shape index (κ1) is 15.6. The molecule has 1 amide bonds. The first-order valence-corrected chi connectivity index (χ1v) is 9.40. The van der Waals surface area contributed by atoms with Crippen LogP contribution in [0.1, 0.15) is 6.42 Å². The number of hydrogen-bond donors (Lipinski definition) is 2. The summed E-state index contributed by atoms with van der Waals surface area (Å²) in [6.07, 6.45) is 0.0354. The number of carbonyl (C=O) groups is 2. The van der Waals surface area contributed by atoms with Crippen LogP contribution in [0.2, 0.25) is 0 Å². The maximum atomic E-state index is 12.2. The summed E-state index contributed by atoms with van der Waals surface area (Å²) >= 11 is 1.51. The number of nitrogens with one attached hydrogen (secondary N) is 1. The summed E-state index contributed by atoms with van der Waals surface area (Å²) in [7, 11) is -3.09. The highest BCUT2D eigenvalue weighted by atomic mass is 32.2. The number of nitrogens with zero attached hydrogens (tertiary/aromatic N) is 1. The number of sulfone groups is 1. The molecule has 2 atom stereocenters. The highest BCUT2D eigenvalue weighted by Gasteiger charge is 2.34. The second kappa shape index (κ2) is 6.31. The number of thioether (sulfide) groups is 1. The first-order valence-electron chi connectivity index (χ1n) is 6.43. The van der Waals surface area contributed by atoms with Crippen LogP contribution in [0.5, 0.6) is 0 Å². The number of carboxylic acid groups (broad SMARTS) is 1. The van der Waals surface area contributed by atoms with Crippen molar-refractivity contribution in [2.24, 2.45) is 0 Å². The Bertz CT molecular complexity index is 493. The number of amides is 1. The zero-order chi connectivity index (χ0) is 14.8. The van der Waals surface area contributed by atoms with Gasteiger partial charge < -0.3 is 15.3 Å². The van der Waals surface area contributed by atoms with Crippen LogP contribution in [0.15, 0.2) is 0 Å². The average Bonchev–Trinajstić information content (AvgIpc) is 2.37. The lowest BCUT2D eigenvalue weighted by molar-refractivity contribution is -0.149. The molecule has 0 saturated carbocycles. The van der Waals surface area contributed by atoms with Crippen molar-refractivity contribution in [1.29, 1.82) is 0 Å². The maximum Gasteiger partial charge on any atom is 0.327 e. The minimum Gasteiger partial charge on any atom is -0.480 e. The molecule has 7 nitrogen and oxygen atoms in total. The Hall–Kier alpha value is -0.800. The lowest BCUT2D eigenvalue weighted by atomic mass is 10.1. The monoisotopic (exact) mass is 322 g/mol. The summed E-state index contributed by atoms with van der Waals surface area (Å²) < 4.78 is 23.1. The molecule has 2 heterocycles. The summed E-state index contributed by atoms with van der Waals surface area (Å²) in [5, 5.41) is 12.1. The molecule has 0 radical (unpaired) electrons. The second-order valence-electron chi connectivity index (χ2n) is 4.99. The fourth-order valence-electron chi connectivity index (χ4n) is 2.43. The van der Waals surface area contributed by atoms with Gasteiger partial charge in [0.2, 0.25) is 5.91 Å². The molecule has 0 aromatic rings. The predicted molar refractivity (Wildman–Crippen MR) is 75.5 cm³/mol. The number of carboxylic acids is 1. The van der Waals surface area contributed by atoms with Crippen molar-refractivity contribution in [3.63, 3.8) is 0 Å². The van der Waals surface area contributed by atoms with Crippen molar-refractivity contribution in [1.82, 2.24) is 10.2 Å². The number of rotatable bonds is 3. The van der Waals surface area contributed by atoms with E-state index >= 15 is 0 Å². The number of aliphatic carboxylic acids is 1. The van der Waals surface area contributed by atoms with Gasteiger partial charge in [-0.15, -0.1) is 0 Å². The Labute approximate surface area is 122 Å². The van der Waals surface area contributed by atoms with Crippen molar-refractivity contribution in [3.8, 4) is 0 Å². The number of carbonyl (C=O) groups excluding carboxylic acids is 1. The van der Waals surface area contributed by atoms with Crippen molar-refractivity contribution < 1.29 is 23.1 Å². The number of hydrogen-bond acceptors (Lipinski definition) is 6. The van der Waals surface area contributed by atoms with E-state index in [2.05, 4.69) is 5.32 Å². The van der Waals surface area contributed by atoms with E-state index in [0.29, 0.717) is 24.6 Å². The molecule has 2 N–H and O–H groups in total. The molecule has 9 heteroatoms. The molecule has 0 bridgehead atoms. The van der Waals surface area contributed by atoms with Gasteiger partial charge in [-0.3, -0.25) is 4.79 Å². The van der Waals surface area contributed by atoms with Gasteiger partial charge >= 0.3 is 5.97 Å². The summed E-state index contributed by atoms with van der Waals surface area (Å²) in [4.78, 5) is 24.7. The maximum absolute atomic E-state index is 12.2. The fourth-order valence-corrected chi connectivity index (χ4v) is 4.92. The Balaban J connectivity index is 1.98. The average molecular weight is 322 g/mol. The predicted octanol–water partition coefficient (Wildman–Crippen LogP) is -1.21. The minimum atomic E-state index is -3.09. The van der Waals surface area contributed by atoms with Gasteiger partial charge in [0.15, 0.2) is 9.84 Å². The van der Waals surface area contributed by atoms with Gasteiger partial charge in [0.1, 0.15) is 6.04 Å². The molecular formula is C11H18N2O5S2. The third-order valence-electron chi connectivity index (χ3n) is 3.46. The third-order valence-corrected chi connectivity index (χ3v) is 6.22. The molecule has 2 unspecified atom stereocenters. The van der Waals surface area contributed by atoms with Crippen molar-refractivity contribution in [2.75, 3.05) is 36.1 Å². The Morgan fingerprint density at radius 2 is 2.15 bits per heavy atom. The topological polar surface area (TPSA) is 104 Å². The van der Waals surface area contributed by atoms with Gasteiger partial charge in [-0.2, -0.15) is 11.8 Å².